The van der Waals surface area contributed by atoms with Gasteiger partial charge in [0.15, 0.2) is 5.89 Å². The van der Waals surface area contributed by atoms with Crippen molar-refractivity contribution in [3.8, 4) is 0 Å². The minimum absolute atomic E-state index is 0.0657. The SMILES string of the molecule is C/C=C(\C)c1coc(CC(NC(=O)OCc2ccccc2)C(=O)OCC)n1.C=CCC. The molecule has 0 saturated heterocycles. The number of aromatic nitrogens is 1. The number of esters is 1. The molecule has 0 aliphatic carbocycles. The first-order valence-corrected chi connectivity index (χ1v) is 10.3. The molecule has 1 aromatic heterocycles. The van der Waals surface area contributed by atoms with E-state index in [1.807, 2.05) is 56.3 Å². The molecule has 1 atom stereocenters. The predicted molar refractivity (Wildman–Crippen MR) is 120 cm³/mol. The number of rotatable bonds is 9. The maximum atomic E-state index is 12.2. The summed E-state index contributed by atoms with van der Waals surface area (Å²) in [6.07, 6.45) is 5.73. The van der Waals surface area contributed by atoms with E-state index in [0.29, 0.717) is 11.6 Å². The normalized spacial score (nSPS) is 11.5. The largest absolute Gasteiger partial charge is 0.464 e. The number of alkyl carbamates (subject to hydrolysis) is 1. The second-order valence-corrected chi connectivity index (χ2v) is 6.51. The van der Waals surface area contributed by atoms with Gasteiger partial charge in [-0.15, -0.1) is 6.58 Å². The minimum Gasteiger partial charge on any atom is -0.464 e. The third-order valence-electron chi connectivity index (χ3n) is 4.13. The second-order valence-electron chi connectivity index (χ2n) is 6.51. The fourth-order valence-corrected chi connectivity index (χ4v) is 2.25. The summed E-state index contributed by atoms with van der Waals surface area (Å²) >= 11 is 0. The predicted octanol–water partition coefficient (Wildman–Crippen LogP) is 5.08. The van der Waals surface area contributed by atoms with Crippen LogP contribution in [0.4, 0.5) is 4.79 Å². The number of ether oxygens (including phenoxy) is 2. The van der Waals surface area contributed by atoms with E-state index in [1.54, 1.807) is 6.92 Å². The van der Waals surface area contributed by atoms with E-state index in [4.69, 9.17) is 13.9 Å². The number of nitrogens with zero attached hydrogens (tertiary/aromatic N) is 1. The Morgan fingerprint density at radius 3 is 2.48 bits per heavy atom. The molecule has 0 saturated carbocycles. The van der Waals surface area contributed by atoms with Gasteiger partial charge in [-0.3, -0.25) is 0 Å². The van der Waals surface area contributed by atoms with Gasteiger partial charge in [0.2, 0.25) is 0 Å². The molecule has 7 nitrogen and oxygen atoms in total. The quantitative estimate of drug-likeness (QED) is 0.442. The Balaban J connectivity index is 0.00000110. The molecule has 1 unspecified atom stereocenters. The van der Waals surface area contributed by atoms with Crippen molar-refractivity contribution in [2.24, 2.45) is 0 Å². The van der Waals surface area contributed by atoms with Crippen molar-refractivity contribution in [2.75, 3.05) is 6.61 Å². The third kappa shape index (κ3) is 9.80. The minimum atomic E-state index is -0.953. The van der Waals surface area contributed by atoms with Crippen LogP contribution in [0, 0.1) is 0 Å². The highest BCUT2D eigenvalue weighted by Gasteiger charge is 2.25. The number of benzene rings is 1. The summed E-state index contributed by atoms with van der Waals surface area (Å²) in [6.45, 7) is 11.3. The molecule has 2 aromatic rings. The number of hydrogen-bond acceptors (Lipinski definition) is 6. The monoisotopic (exact) mass is 428 g/mol. The molecular formula is C24H32N2O5. The van der Waals surface area contributed by atoms with Crippen molar-refractivity contribution in [2.45, 2.75) is 53.2 Å². The van der Waals surface area contributed by atoms with Gasteiger partial charge in [-0.1, -0.05) is 49.4 Å². The van der Waals surface area contributed by atoms with E-state index < -0.39 is 18.1 Å². The van der Waals surface area contributed by atoms with E-state index in [1.165, 1.54) is 6.26 Å². The number of allylic oxidation sites excluding steroid dienone is 3. The molecule has 7 heteroatoms. The van der Waals surface area contributed by atoms with Gasteiger partial charge in [-0.2, -0.15) is 0 Å². The zero-order chi connectivity index (χ0) is 23.1. The summed E-state index contributed by atoms with van der Waals surface area (Å²) in [7, 11) is 0. The lowest BCUT2D eigenvalue weighted by atomic mass is 10.2. The van der Waals surface area contributed by atoms with E-state index in [2.05, 4.69) is 23.8 Å². The molecule has 1 amide bonds. The lowest BCUT2D eigenvalue weighted by Crippen LogP contribution is -2.43. The van der Waals surface area contributed by atoms with Crippen LogP contribution in [0.3, 0.4) is 0 Å². The summed E-state index contributed by atoms with van der Waals surface area (Å²) in [5.74, 6) is -0.246. The van der Waals surface area contributed by atoms with Gasteiger partial charge in [0.05, 0.1) is 13.0 Å². The van der Waals surface area contributed by atoms with Crippen LogP contribution in [0.5, 0.6) is 0 Å². The van der Waals surface area contributed by atoms with Crippen LogP contribution in [0.2, 0.25) is 0 Å². The zero-order valence-electron chi connectivity index (χ0n) is 18.7. The Labute approximate surface area is 184 Å². The van der Waals surface area contributed by atoms with Gasteiger partial charge < -0.3 is 19.2 Å². The molecular weight excluding hydrogens is 396 g/mol. The van der Waals surface area contributed by atoms with Crippen molar-refractivity contribution in [3.63, 3.8) is 0 Å². The van der Waals surface area contributed by atoms with Crippen molar-refractivity contribution < 1.29 is 23.5 Å². The Bertz CT molecular complexity index is 843. The van der Waals surface area contributed by atoms with Crippen LogP contribution in [-0.2, 0) is 27.3 Å². The van der Waals surface area contributed by atoms with Gasteiger partial charge in [-0.05, 0) is 38.3 Å². The van der Waals surface area contributed by atoms with Crippen LogP contribution in [-0.4, -0.2) is 29.7 Å². The summed E-state index contributed by atoms with van der Waals surface area (Å²) < 4.78 is 15.6. The van der Waals surface area contributed by atoms with E-state index in [9.17, 15) is 9.59 Å². The van der Waals surface area contributed by atoms with Gasteiger partial charge >= 0.3 is 12.1 Å². The first kappa shape index (κ1) is 25.7. The van der Waals surface area contributed by atoms with Crippen LogP contribution < -0.4 is 5.32 Å². The molecule has 1 heterocycles. The molecule has 1 N–H and O–H groups in total. The molecule has 0 radical (unpaired) electrons. The smallest absolute Gasteiger partial charge is 0.408 e. The molecule has 31 heavy (non-hydrogen) atoms. The lowest BCUT2D eigenvalue weighted by molar-refractivity contribution is -0.145. The van der Waals surface area contributed by atoms with Crippen molar-refractivity contribution in [1.29, 1.82) is 0 Å². The summed E-state index contributed by atoms with van der Waals surface area (Å²) in [4.78, 5) is 28.6. The van der Waals surface area contributed by atoms with Crippen LogP contribution in [0.25, 0.3) is 5.57 Å². The topological polar surface area (TPSA) is 90.7 Å². The molecule has 0 bridgehead atoms. The number of hydrogen-bond donors (Lipinski definition) is 1. The molecule has 0 fully saturated rings. The van der Waals surface area contributed by atoms with Gasteiger partial charge in [0.25, 0.3) is 0 Å². The van der Waals surface area contributed by atoms with Gasteiger partial charge in [-0.25, -0.2) is 14.6 Å². The van der Waals surface area contributed by atoms with E-state index in [0.717, 1.165) is 17.6 Å². The van der Waals surface area contributed by atoms with Crippen LogP contribution in [0.15, 0.2) is 59.7 Å². The number of nitrogens with one attached hydrogen (secondary N) is 1. The molecule has 1 aromatic carbocycles. The Morgan fingerprint density at radius 2 is 1.90 bits per heavy atom. The number of carbonyl (C=O) groups is 2. The van der Waals surface area contributed by atoms with Crippen molar-refractivity contribution >= 4 is 17.6 Å². The highest BCUT2D eigenvalue weighted by atomic mass is 16.6. The van der Waals surface area contributed by atoms with E-state index >= 15 is 0 Å². The lowest BCUT2D eigenvalue weighted by Gasteiger charge is -2.15. The summed E-state index contributed by atoms with van der Waals surface area (Å²) in [5, 5.41) is 2.52. The van der Waals surface area contributed by atoms with Crippen LogP contribution in [0.1, 0.15) is 51.3 Å². The van der Waals surface area contributed by atoms with Gasteiger partial charge in [0, 0.05) is 0 Å². The summed E-state index contributed by atoms with van der Waals surface area (Å²) in [6, 6.07) is 8.31. The Hall–Kier alpha value is -3.35. The summed E-state index contributed by atoms with van der Waals surface area (Å²) in [5.41, 5.74) is 2.48. The first-order valence-electron chi connectivity index (χ1n) is 10.3. The highest BCUT2D eigenvalue weighted by molar-refractivity contribution is 5.81. The van der Waals surface area contributed by atoms with Gasteiger partial charge in [0.1, 0.15) is 24.6 Å². The third-order valence-corrected chi connectivity index (χ3v) is 4.13. The number of amides is 1. The molecule has 168 valence electrons. The average Bonchev–Trinajstić information content (AvgIpc) is 3.26. The highest BCUT2D eigenvalue weighted by Crippen LogP contribution is 2.14. The second kappa shape index (κ2) is 14.6. The first-order chi connectivity index (χ1) is 14.9. The maximum Gasteiger partial charge on any atom is 0.408 e. The van der Waals surface area contributed by atoms with Crippen LogP contribution >= 0.6 is 0 Å². The maximum absolute atomic E-state index is 12.2. The average molecular weight is 429 g/mol. The Morgan fingerprint density at radius 1 is 1.23 bits per heavy atom. The fourth-order valence-electron chi connectivity index (χ4n) is 2.25. The van der Waals surface area contributed by atoms with Crippen molar-refractivity contribution in [3.05, 3.63) is 72.5 Å². The fraction of sp³-hybridized carbons (Fsp3) is 0.375. The molecule has 0 aliphatic rings. The standard InChI is InChI=1S/C20H24N2O5.C4H8/c1-4-14(3)17-13-26-18(21-17)11-16(19(23)25-5-2)22-20(24)27-12-15-9-7-6-8-10-15;1-3-4-2/h4,6-10,13,16H,5,11-12H2,1-3H3,(H,22,24);3H,1,4H2,2H3/b14-4+;. The zero-order valence-corrected chi connectivity index (χ0v) is 18.7. The van der Waals surface area contributed by atoms with E-state index in [-0.39, 0.29) is 19.6 Å². The molecule has 2 rings (SSSR count). The molecule has 0 spiro atoms. The number of oxazole rings is 1. The number of carbonyl (C=O) groups excluding carboxylic acids is 2. The Kier molecular flexibility index (Phi) is 12.1. The molecule has 0 aliphatic heterocycles. The van der Waals surface area contributed by atoms with Crippen molar-refractivity contribution in [1.82, 2.24) is 10.3 Å².